The Morgan fingerprint density at radius 1 is 1.21 bits per heavy atom. The molecule has 0 aliphatic carbocycles. The van der Waals surface area contributed by atoms with Crippen LogP contribution in [0.3, 0.4) is 0 Å². The van der Waals surface area contributed by atoms with Gasteiger partial charge in [0.25, 0.3) is 0 Å². The van der Waals surface area contributed by atoms with Crippen LogP contribution in [0.1, 0.15) is 39.5 Å². The second kappa shape index (κ2) is 9.71. The summed E-state index contributed by atoms with van der Waals surface area (Å²) >= 11 is 0. The number of carbonyl (C=O) groups is 3. The molecular weight excluding hydrogens is 316 g/mol. The average Bonchev–Trinajstić information content (AvgIpc) is 3.35. The summed E-state index contributed by atoms with van der Waals surface area (Å²) in [5.74, 6) is -0.805. The van der Waals surface area contributed by atoms with E-state index in [2.05, 4.69) is 24.5 Å². The molecule has 4 N–H and O–H groups in total. The standard InChI is InChI=1S/C16H28N2O6/c1-11(2)5-3-4-6-14(22)18-12(8-19)15(23)17-7-13(21)16(9-20)10-24-16/h11-12,19-20H,3-10H2,1-2H3,(H,17,23)(H,18,22)/t12-,16+/m0/s1. The molecule has 0 aromatic heterocycles. The Bertz CT molecular complexity index is 448. The highest BCUT2D eigenvalue weighted by atomic mass is 16.6. The van der Waals surface area contributed by atoms with Gasteiger partial charge in [-0.3, -0.25) is 14.4 Å². The highest BCUT2D eigenvalue weighted by molar-refractivity contribution is 5.95. The summed E-state index contributed by atoms with van der Waals surface area (Å²) in [5.41, 5.74) is -1.19. The van der Waals surface area contributed by atoms with E-state index in [1.54, 1.807) is 0 Å². The minimum atomic E-state index is -1.19. The lowest BCUT2D eigenvalue weighted by Crippen LogP contribution is -2.51. The number of ether oxygens (including phenoxy) is 1. The summed E-state index contributed by atoms with van der Waals surface area (Å²) < 4.78 is 4.89. The largest absolute Gasteiger partial charge is 0.394 e. The van der Waals surface area contributed by atoms with Crippen molar-refractivity contribution in [3.05, 3.63) is 0 Å². The van der Waals surface area contributed by atoms with Crippen LogP contribution in [0.15, 0.2) is 0 Å². The maximum Gasteiger partial charge on any atom is 0.245 e. The quantitative estimate of drug-likeness (QED) is 0.269. The molecule has 0 spiro atoms. The predicted octanol–water partition coefficient (Wildman–Crippen LogP) is -0.873. The summed E-state index contributed by atoms with van der Waals surface area (Å²) in [6.45, 7) is 3.05. The monoisotopic (exact) mass is 344 g/mol. The van der Waals surface area contributed by atoms with Crippen LogP contribution in [0.5, 0.6) is 0 Å². The van der Waals surface area contributed by atoms with Gasteiger partial charge >= 0.3 is 0 Å². The van der Waals surface area contributed by atoms with E-state index in [0.29, 0.717) is 5.92 Å². The Morgan fingerprint density at radius 3 is 2.38 bits per heavy atom. The highest BCUT2D eigenvalue weighted by Gasteiger charge is 2.51. The topological polar surface area (TPSA) is 128 Å². The van der Waals surface area contributed by atoms with E-state index < -0.39 is 36.5 Å². The van der Waals surface area contributed by atoms with E-state index in [1.807, 2.05) is 0 Å². The van der Waals surface area contributed by atoms with Crippen LogP contribution in [0.25, 0.3) is 0 Å². The number of ketones is 1. The van der Waals surface area contributed by atoms with Crippen LogP contribution in [-0.4, -0.2) is 65.8 Å². The number of epoxide rings is 1. The van der Waals surface area contributed by atoms with Gasteiger partial charge in [-0.1, -0.05) is 26.7 Å². The number of hydrogen-bond donors (Lipinski definition) is 4. The molecule has 0 radical (unpaired) electrons. The van der Waals surface area contributed by atoms with Crippen molar-refractivity contribution in [3.63, 3.8) is 0 Å². The van der Waals surface area contributed by atoms with Crippen LogP contribution >= 0.6 is 0 Å². The van der Waals surface area contributed by atoms with Crippen molar-refractivity contribution in [2.75, 3.05) is 26.4 Å². The molecule has 2 amide bonds. The number of rotatable bonds is 12. The Kier molecular flexibility index (Phi) is 8.30. The third kappa shape index (κ3) is 6.54. The van der Waals surface area contributed by atoms with Crippen molar-refractivity contribution < 1.29 is 29.3 Å². The average molecular weight is 344 g/mol. The molecule has 0 unspecified atom stereocenters. The third-order valence-corrected chi connectivity index (χ3v) is 3.95. The molecule has 1 aliphatic rings. The molecule has 0 aromatic rings. The number of aliphatic hydroxyl groups excluding tert-OH is 2. The van der Waals surface area contributed by atoms with E-state index in [4.69, 9.17) is 9.84 Å². The Hall–Kier alpha value is -1.51. The highest BCUT2D eigenvalue weighted by Crippen LogP contribution is 2.26. The van der Waals surface area contributed by atoms with Gasteiger partial charge in [-0.25, -0.2) is 0 Å². The van der Waals surface area contributed by atoms with Crippen molar-refractivity contribution in [2.24, 2.45) is 5.92 Å². The predicted molar refractivity (Wildman–Crippen MR) is 86.1 cm³/mol. The van der Waals surface area contributed by atoms with Crippen molar-refractivity contribution in [2.45, 2.75) is 51.2 Å². The van der Waals surface area contributed by atoms with Crippen molar-refractivity contribution in [1.82, 2.24) is 10.6 Å². The van der Waals surface area contributed by atoms with Crippen LogP contribution < -0.4 is 10.6 Å². The van der Waals surface area contributed by atoms with Gasteiger partial charge in [0, 0.05) is 6.42 Å². The Labute approximate surface area is 141 Å². The Balaban J connectivity index is 2.30. The van der Waals surface area contributed by atoms with E-state index >= 15 is 0 Å². The summed E-state index contributed by atoms with van der Waals surface area (Å²) in [7, 11) is 0. The molecule has 24 heavy (non-hydrogen) atoms. The lowest BCUT2D eigenvalue weighted by Gasteiger charge is -2.16. The molecule has 1 aliphatic heterocycles. The van der Waals surface area contributed by atoms with Gasteiger partial charge in [0.05, 0.1) is 26.4 Å². The first-order chi connectivity index (χ1) is 11.3. The molecule has 138 valence electrons. The SMILES string of the molecule is CC(C)CCCCC(=O)N[C@@H](CO)C(=O)NCC(=O)[C@@]1(CO)CO1. The normalized spacial score (nSPS) is 20.5. The molecule has 0 bridgehead atoms. The zero-order valence-electron chi connectivity index (χ0n) is 14.3. The van der Waals surface area contributed by atoms with Gasteiger partial charge in [-0.05, 0) is 12.3 Å². The summed E-state index contributed by atoms with van der Waals surface area (Å²) in [5, 5.41) is 23.1. The fourth-order valence-corrected chi connectivity index (χ4v) is 2.18. The zero-order valence-corrected chi connectivity index (χ0v) is 14.3. The second-order valence-electron chi connectivity index (χ2n) is 6.52. The zero-order chi connectivity index (χ0) is 18.2. The number of unbranched alkanes of at least 4 members (excludes halogenated alkanes) is 1. The number of hydrogen-bond acceptors (Lipinski definition) is 6. The first-order valence-corrected chi connectivity index (χ1v) is 8.30. The van der Waals surface area contributed by atoms with E-state index in [-0.39, 0.29) is 25.5 Å². The van der Waals surface area contributed by atoms with E-state index in [0.717, 1.165) is 19.3 Å². The van der Waals surface area contributed by atoms with Crippen LogP contribution in [0.2, 0.25) is 0 Å². The number of aliphatic hydroxyl groups is 2. The fourth-order valence-electron chi connectivity index (χ4n) is 2.18. The molecule has 0 aromatic carbocycles. The van der Waals surface area contributed by atoms with Gasteiger partial charge < -0.3 is 25.6 Å². The summed E-state index contributed by atoms with van der Waals surface area (Å²) in [4.78, 5) is 35.5. The molecule has 1 rings (SSSR count). The number of Topliss-reactive ketones (excluding diaryl/α,β-unsaturated/α-hetero) is 1. The third-order valence-electron chi connectivity index (χ3n) is 3.95. The first-order valence-electron chi connectivity index (χ1n) is 8.30. The smallest absolute Gasteiger partial charge is 0.245 e. The minimum Gasteiger partial charge on any atom is -0.394 e. The second-order valence-corrected chi connectivity index (χ2v) is 6.52. The van der Waals surface area contributed by atoms with Crippen molar-refractivity contribution in [3.8, 4) is 0 Å². The molecule has 1 heterocycles. The molecule has 8 heteroatoms. The summed E-state index contributed by atoms with van der Waals surface area (Å²) in [6, 6.07) is -1.10. The van der Waals surface area contributed by atoms with Gasteiger partial charge in [0.1, 0.15) is 6.04 Å². The first kappa shape index (κ1) is 20.5. The van der Waals surface area contributed by atoms with Crippen molar-refractivity contribution >= 4 is 17.6 Å². The fraction of sp³-hybridized carbons (Fsp3) is 0.812. The van der Waals surface area contributed by atoms with Crippen LogP contribution in [0, 0.1) is 5.92 Å². The lowest BCUT2D eigenvalue weighted by atomic mass is 10.1. The maximum absolute atomic E-state index is 11.9. The molecular formula is C16H28N2O6. The van der Waals surface area contributed by atoms with Gasteiger partial charge in [-0.2, -0.15) is 0 Å². The Morgan fingerprint density at radius 2 is 1.88 bits per heavy atom. The molecule has 1 saturated heterocycles. The lowest BCUT2D eigenvalue weighted by molar-refractivity contribution is -0.132. The maximum atomic E-state index is 11.9. The van der Waals surface area contributed by atoms with E-state index in [1.165, 1.54) is 0 Å². The molecule has 0 saturated carbocycles. The molecule has 8 nitrogen and oxygen atoms in total. The molecule has 1 fully saturated rings. The number of amides is 2. The van der Waals surface area contributed by atoms with Crippen molar-refractivity contribution in [1.29, 1.82) is 0 Å². The number of nitrogens with one attached hydrogen (secondary N) is 2. The molecule has 2 atom stereocenters. The minimum absolute atomic E-state index is 0.134. The number of carbonyl (C=O) groups excluding carboxylic acids is 3. The van der Waals surface area contributed by atoms with Gasteiger partial charge in [0.2, 0.25) is 11.8 Å². The summed E-state index contributed by atoms with van der Waals surface area (Å²) in [6.07, 6.45) is 2.97. The van der Waals surface area contributed by atoms with E-state index in [9.17, 15) is 19.5 Å². The van der Waals surface area contributed by atoms with Crippen LogP contribution in [0.4, 0.5) is 0 Å². The van der Waals surface area contributed by atoms with Gasteiger partial charge in [0.15, 0.2) is 11.4 Å². The van der Waals surface area contributed by atoms with Crippen LogP contribution in [-0.2, 0) is 19.1 Å². The van der Waals surface area contributed by atoms with Gasteiger partial charge in [-0.15, -0.1) is 0 Å².